The molecule has 0 atom stereocenters. The first-order valence-electron chi connectivity index (χ1n) is 9.28. The quantitative estimate of drug-likeness (QED) is 0.329. The molecule has 2 fully saturated rings. The molecule has 2 aliphatic rings. The van der Waals surface area contributed by atoms with E-state index >= 15 is 0 Å². The van der Waals surface area contributed by atoms with Crippen LogP contribution in [-0.2, 0) is 20.0 Å². The van der Waals surface area contributed by atoms with Gasteiger partial charge in [0.1, 0.15) is 0 Å². The van der Waals surface area contributed by atoms with Gasteiger partial charge in [0.2, 0.25) is 0 Å². The summed E-state index contributed by atoms with van der Waals surface area (Å²) in [6.07, 6.45) is 4.52. The van der Waals surface area contributed by atoms with Crippen LogP contribution in [0.25, 0.3) is 0 Å². The lowest BCUT2D eigenvalue weighted by atomic mass is 9.96. The smallest absolute Gasteiger partial charge is 0.191 e. The summed E-state index contributed by atoms with van der Waals surface area (Å²) >= 11 is 6.14. The maximum atomic E-state index is 12.4. The number of hydrogen-bond acceptors (Lipinski definition) is 4. The summed E-state index contributed by atoms with van der Waals surface area (Å²) in [5.41, 5.74) is 1.31. The van der Waals surface area contributed by atoms with E-state index in [4.69, 9.17) is 16.3 Å². The van der Waals surface area contributed by atoms with Crippen molar-refractivity contribution >= 4 is 51.4 Å². The van der Waals surface area contributed by atoms with Crippen molar-refractivity contribution in [3.8, 4) is 0 Å². The Hall–Kier alpha value is -0.580. The van der Waals surface area contributed by atoms with Crippen molar-refractivity contribution < 1.29 is 13.2 Å². The van der Waals surface area contributed by atoms with Crippen LogP contribution < -0.4 is 10.6 Å². The molecule has 1 heterocycles. The van der Waals surface area contributed by atoms with Crippen LogP contribution in [0.3, 0.4) is 0 Å². The Morgan fingerprint density at radius 2 is 1.82 bits per heavy atom. The van der Waals surface area contributed by atoms with Gasteiger partial charge in [0.15, 0.2) is 15.8 Å². The van der Waals surface area contributed by atoms with E-state index in [2.05, 4.69) is 21.7 Å². The molecule has 158 valence electrons. The monoisotopic (exact) mass is 541 g/mol. The van der Waals surface area contributed by atoms with Gasteiger partial charge in [-0.1, -0.05) is 23.7 Å². The number of halogens is 2. The van der Waals surface area contributed by atoms with E-state index in [1.807, 2.05) is 18.2 Å². The Labute approximate surface area is 189 Å². The van der Waals surface area contributed by atoms with E-state index in [1.165, 1.54) is 11.8 Å². The predicted molar refractivity (Wildman–Crippen MR) is 125 cm³/mol. The summed E-state index contributed by atoms with van der Waals surface area (Å²) < 4.78 is 29.3. The van der Waals surface area contributed by atoms with E-state index in [1.54, 1.807) is 7.05 Å². The van der Waals surface area contributed by atoms with Crippen molar-refractivity contribution in [2.45, 2.75) is 35.8 Å². The van der Waals surface area contributed by atoms with Gasteiger partial charge in [0.25, 0.3) is 0 Å². The number of nitrogens with zero attached hydrogens (tertiary/aromatic N) is 1. The number of benzene rings is 1. The molecule has 6 nitrogen and oxygen atoms in total. The van der Waals surface area contributed by atoms with E-state index < -0.39 is 14.6 Å². The Balaban J connectivity index is 0.00000280. The lowest BCUT2D eigenvalue weighted by Crippen LogP contribution is -2.54. The number of aliphatic imine (C=N–C) groups is 1. The zero-order valence-corrected chi connectivity index (χ0v) is 20.2. The topological polar surface area (TPSA) is 79.8 Å². The van der Waals surface area contributed by atoms with Gasteiger partial charge in [-0.05, 0) is 43.4 Å². The van der Waals surface area contributed by atoms with Crippen molar-refractivity contribution in [3.05, 3.63) is 34.9 Å². The van der Waals surface area contributed by atoms with Gasteiger partial charge in [-0.2, -0.15) is 0 Å². The largest absolute Gasteiger partial charge is 0.381 e. The number of nitrogens with one attached hydrogen (secondary N) is 2. The fourth-order valence-corrected chi connectivity index (χ4v) is 5.11. The summed E-state index contributed by atoms with van der Waals surface area (Å²) in [6, 6.07) is 7.99. The molecule has 28 heavy (non-hydrogen) atoms. The fraction of sp³-hybridized carbons (Fsp3) is 0.632. The molecule has 0 spiro atoms. The zero-order valence-electron chi connectivity index (χ0n) is 16.3. The molecular formula is C19H29ClIN3O3S. The highest BCUT2D eigenvalue weighted by Crippen LogP contribution is 2.48. The number of guanidine groups is 1. The first kappa shape index (κ1) is 23.7. The van der Waals surface area contributed by atoms with Crippen LogP contribution in [-0.4, -0.2) is 58.7 Å². The van der Waals surface area contributed by atoms with Crippen molar-refractivity contribution in [2.24, 2.45) is 4.99 Å². The van der Waals surface area contributed by atoms with E-state index in [9.17, 15) is 8.42 Å². The van der Waals surface area contributed by atoms with Crippen LogP contribution in [0.2, 0.25) is 5.02 Å². The lowest BCUT2D eigenvalue weighted by Gasteiger charge is -2.36. The zero-order chi connectivity index (χ0) is 19.5. The summed E-state index contributed by atoms with van der Waals surface area (Å²) in [6.45, 7) is 2.01. The minimum atomic E-state index is -3.21. The third kappa shape index (κ3) is 5.31. The molecule has 0 bridgehead atoms. The molecule has 2 N–H and O–H groups in total. The number of ether oxygens (including phenoxy) is 1. The molecule has 1 aliphatic heterocycles. The standard InChI is InChI=1S/C19H28ClN3O3S.HI/c1-21-17(23-14-19(27(2,24)25)8-10-26-11-9-19)22-13-18(6-7-18)15-4-3-5-16(20)12-15;/h3-5,12H,6-11,13-14H2,1-2H3,(H2,21,22,23);1H. The minimum Gasteiger partial charge on any atom is -0.381 e. The highest BCUT2D eigenvalue weighted by Gasteiger charge is 2.45. The first-order valence-corrected chi connectivity index (χ1v) is 11.6. The van der Waals surface area contributed by atoms with Gasteiger partial charge in [0.05, 0.1) is 4.75 Å². The van der Waals surface area contributed by atoms with Crippen molar-refractivity contribution in [3.63, 3.8) is 0 Å². The Morgan fingerprint density at radius 1 is 1.18 bits per heavy atom. The Kier molecular flexibility index (Phi) is 8.03. The van der Waals surface area contributed by atoms with Crippen LogP contribution in [0.4, 0.5) is 0 Å². The van der Waals surface area contributed by atoms with Crippen molar-refractivity contribution in [1.82, 2.24) is 10.6 Å². The summed E-state index contributed by atoms with van der Waals surface area (Å²) in [7, 11) is -1.51. The summed E-state index contributed by atoms with van der Waals surface area (Å²) in [5.74, 6) is 0.623. The molecule has 1 saturated heterocycles. The molecule has 0 amide bonds. The molecule has 1 saturated carbocycles. The number of sulfone groups is 1. The van der Waals surface area contributed by atoms with Gasteiger partial charge in [0, 0.05) is 50.0 Å². The molecule has 0 unspecified atom stereocenters. The molecular weight excluding hydrogens is 513 g/mol. The third-order valence-corrected chi connectivity index (χ3v) is 8.24. The van der Waals surface area contributed by atoms with Crippen LogP contribution in [0.15, 0.2) is 29.3 Å². The van der Waals surface area contributed by atoms with Crippen molar-refractivity contribution in [2.75, 3.05) is 39.6 Å². The Morgan fingerprint density at radius 3 is 2.36 bits per heavy atom. The lowest BCUT2D eigenvalue weighted by molar-refractivity contribution is 0.0756. The normalized spacial score (nSPS) is 20.8. The predicted octanol–water partition coefficient (Wildman–Crippen LogP) is 2.75. The highest BCUT2D eigenvalue weighted by atomic mass is 127. The van der Waals surface area contributed by atoms with Gasteiger partial charge in [-0.3, -0.25) is 4.99 Å². The second-order valence-corrected chi connectivity index (χ2v) is 10.5. The molecule has 1 aromatic carbocycles. The maximum absolute atomic E-state index is 12.4. The summed E-state index contributed by atoms with van der Waals surface area (Å²) in [4.78, 5) is 4.27. The van der Waals surface area contributed by atoms with Gasteiger partial charge in [-0.15, -0.1) is 24.0 Å². The molecule has 3 rings (SSSR count). The van der Waals surface area contributed by atoms with Gasteiger partial charge < -0.3 is 15.4 Å². The molecule has 0 radical (unpaired) electrons. The van der Waals surface area contributed by atoms with Gasteiger partial charge in [-0.25, -0.2) is 8.42 Å². The highest BCUT2D eigenvalue weighted by molar-refractivity contribution is 14.0. The average molecular weight is 542 g/mol. The SMILES string of the molecule is CN=C(NCC1(c2cccc(Cl)c2)CC1)NCC1(S(C)(=O)=O)CCOCC1.I. The number of hydrogen-bond donors (Lipinski definition) is 2. The fourth-order valence-electron chi connectivity index (χ4n) is 3.68. The van der Waals surface area contributed by atoms with E-state index in [0.29, 0.717) is 38.6 Å². The third-order valence-electron chi connectivity index (χ3n) is 5.88. The Bertz CT molecular complexity index is 806. The molecule has 0 aromatic heterocycles. The van der Waals surface area contributed by atoms with E-state index in [-0.39, 0.29) is 29.4 Å². The number of rotatable bonds is 6. The van der Waals surface area contributed by atoms with Crippen LogP contribution in [0, 0.1) is 0 Å². The first-order chi connectivity index (χ1) is 12.8. The van der Waals surface area contributed by atoms with Crippen LogP contribution in [0.5, 0.6) is 0 Å². The minimum absolute atomic E-state index is 0. The maximum Gasteiger partial charge on any atom is 0.191 e. The second-order valence-electron chi connectivity index (χ2n) is 7.64. The average Bonchev–Trinajstić information content (AvgIpc) is 3.43. The van der Waals surface area contributed by atoms with Crippen LogP contribution >= 0.6 is 35.6 Å². The molecule has 9 heteroatoms. The molecule has 1 aromatic rings. The summed E-state index contributed by atoms with van der Waals surface area (Å²) in [5, 5.41) is 7.34. The van der Waals surface area contributed by atoms with Crippen LogP contribution in [0.1, 0.15) is 31.2 Å². The van der Waals surface area contributed by atoms with Gasteiger partial charge >= 0.3 is 0 Å². The molecule has 1 aliphatic carbocycles. The second kappa shape index (κ2) is 9.49. The van der Waals surface area contributed by atoms with Crippen molar-refractivity contribution in [1.29, 1.82) is 0 Å². The van der Waals surface area contributed by atoms with E-state index in [0.717, 1.165) is 24.4 Å².